The van der Waals surface area contributed by atoms with Gasteiger partial charge in [0.05, 0.1) is 22.9 Å². The third kappa shape index (κ3) is 8.06. The topological polar surface area (TPSA) is 176 Å². The number of sulfonamides is 1. The number of nitrogens with one attached hydrogen (secondary N) is 1. The van der Waals surface area contributed by atoms with E-state index in [9.17, 15) is 23.5 Å². The van der Waals surface area contributed by atoms with Crippen molar-refractivity contribution in [1.82, 2.24) is 19.4 Å². The van der Waals surface area contributed by atoms with Crippen molar-refractivity contribution in [2.24, 2.45) is 5.11 Å². The highest BCUT2D eigenvalue weighted by molar-refractivity contribution is 7.90. The van der Waals surface area contributed by atoms with Crippen LogP contribution in [0.15, 0.2) is 125 Å². The van der Waals surface area contributed by atoms with Crippen LogP contribution in [0.3, 0.4) is 0 Å². The summed E-state index contributed by atoms with van der Waals surface area (Å²) in [4.78, 5) is 47.4. The van der Waals surface area contributed by atoms with Crippen LogP contribution in [0.2, 0.25) is 0 Å². The predicted molar refractivity (Wildman–Crippen MR) is 220 cm³/mol. The SMILES string of the molecule is CCCCc1c(-c2ccc(C(=O)NS(=O)(=O)c3ccc4ccccc4c3)cc2C(=O)N2Cc3ccccc3CC2CN=[N+]=[N-])c(C(=O)OCC)nn1-c1ccccc1. The molecule has 1 N–H and O–H groups in total. The van der Waals surface area contributed by atoms with E-state index in [1.165, 1.54) is 24.3 Å². The van der Waals surface area contributed by atoms with Gasteiger partial charge in [0, 0.05) is 40.7 Å². The van der Waals surface area contributed by atoms with Crippen molar-refractivity contribution in [3.05, 3.63) is 159 Å². The van der Waals surface area contributed by atoms with E-state index in [1.807, 2.05) is 73.7 Å². The van der Waals surface area contributed by atoms with Gasteiger partial charge in [0.15, 0.2) is 5.69 Å². The number of fused-ring (bicyclic) bond motifs is 2. The third-order valence-corrected chi connectivity index (χ3v) is 11.6. The Morgan fingerprint density at radius 3 is 2.36 bits per heavy atom. The number of aromatic nitrogens is 2. The summed E-state index contributed by atoms with van der Waals surface area (Å²) in [5.41, 5.74) is 13.1. The number of carbonyl (C=O) groups is 3. The normalized spacial score (nSPS) is 13.7. The van der Waals surface area contributed by atoms with Gasteiger partial charge in [0.25, 0.3) is 21.8 Å². The number of benzene rings is 5. The lowest BCUT2D eigenvalue weighted by molar-refractivity contribution is 0.0518. The number of ether oxygens (including phenoxy) is 1. The average molecular weight is 796 g/mol. The number of esters is 1. The second kappa shape index (κ2) is 17.2. The monoisotopic (exact) mass is 795 g/mol. The van der Waals surface area contributed by atoms with E-state index in [4.69, 9.17) is 9.84 Å². The minimum Gasteiger partial charge on any atom is -0.461 e. The van der Waals surface area contributed by atoms with Gasteiger partial charge in [-0.15, -0.1) is 0 Å². The highest BCUT2D eigenvalue weighted by atomic mass is 32.2. The molecule has 2 heterocycles. The summed E-state index contributed by atoms with van der Waals surface area (Å²) in [6.45, 7) is 3.96. The van der Waals surface area contributed by atoms with E-state index in [0.29, 0.717) is 40.7 Å². The molecular formula is C44H41N7O6S. The Morgan fingerprint density at radius 2 is 1.62 bits per heavy atom. The van der Waals surface area contributed by atoms with Crippen LogP contribution >= 0.6 is 0 Å². The van der Waals surface area contributed by atoms with Crippen LogP contribution in [0.1, 0.15) is 74.7 Å². The molecule has 2 amide bonds. The van der Waals surface area contributed by atoms with Gasteiger partial charge in [-0.1, -0.05) is 97.3 Å². The van der Waals surface area contributed by atoms with Gasteiger partial charge in [0.2, 0.25) is 0 Å². The van der Waals surface area contributed by atoms with Gasteiger partial charge in [-0.25, -0.2) is 22.6 Å². The zero-order valence-corrected chi connectivity index (χ0v) is 32.9. The van der Waals surface area contributed by atoms with Gasteiger partial charge in [-0.3, -0.25) is 9.59 Å². The standard InChI is InChI=1S/C44H41N7O6S/c1-3-5-19-39-40(41(44(54)57-4-2)47-51(39)34-17-7-6-8-18-34)37-23-21-32(42(52)48-58(55,56)36-22-20-29-13-9-10-15-31(29)25-36)26-38(37)43(53)50-28-33-16-12-11-14-30(33)24-35(50)27-46-49-45/h6-18,20-23,25-26,35H,3-5,19,24,27-28H2,1-2H3,(H,48,52). The number of unbranched alkanes of at least 4 members (excludes halogenated alkanes) is 1. The number of rotatable bonds is 13. The first-order valence-electron chi connectivity index (χ1n) is 19.1. The van der Waals surface area contributed by atoms with Crippen LogP contribution in [-0.4, -0.2) is 60.1 Å². The van der Waals surface area contributed by atoms with Crippen molar-refractivity contribution in [3.8, 4) is 16.8 Å². The maximum absolute atomic E-state index is 15.2. The van der Waals surface area contributed by atoms with Gasteiger partial charge in [-0.05, 0) is 95.6 Å². The van der Waals surface area contributed by atoms with E-state index in [-0.39, 0.29) is 41.4 Å². The molecule has 13 nitrogen and oxygen atoms in total. The molecule has 0 spiro atoms. The van der Waals surface area contributed by atoms with Crippen LogP contribution in [-0.2, 0) is 34.1 Å². The lowest BCUT2D eigenvalue weighted by Crippen LogP contribution is -2.46. The highest BCUT2D eigenvalue weighted by Crippen LogP contribution is 2.37. The van der Waals surface area contributed by atoms with Gasteiger partial charge in [-0.2, -0.15) is 5.10 Å². The number of para-hydroxylation sites is 1. The molecule has 294 valence electrons. The molecule has 0 bridgehead atoms. The number of carbonyl (C=O) groups excluding carboxylic acids is 3. The lowest BCUT2D eigenvalue weighted by Gasteiger charge is -2.37. The predicted octanol–water partition coefficient (Wildman–Crippen LogP) is 8.21. The van der Waals surface area contributed by atoms with Crippen molar-refractivity contribution in [2.45, 2.75) is 57.0 Å². The number of amides is 2. The largest absolute Gasteiger partial charge is 0.461 e. The molecule has 0 radical (unpaired) electrons. The summed E-state index contributed by atoms with van der Waals surface area (Å²) >= 11 is 0. The zero-order valence-electron chi connectivity index (χ0n) is 32.0. The van der Waals surface area contributed by atoms with Crippen LogP contribution < -0.4 is 4.72 Å². The van der Waals surface area contributed by atoms with Crippen molar-refractivity contribution in [1.29, 1.82) is 0 Å². The van der Waals surface area contributed by atoms with Gasteiger partial charge in [0.1, 0.15) is 0 Å². The molecule has 1 aliphatic heterocycles. The van der Waals surface area contributed by atoms with E-state index >= 15 is 4.79 Å². The summed E-state index contributed by atoms with van der Waals surface area (Å²) in [5, 5.41) is 10.1. The molecule has 1 unspecified atom stereocenters. The maximum Gasteiger partial charge on any atom is 0.359 e. The fraction of sp³-hybridized carbons (Fsp3) is 0.227. The zero-order chi connectivity index (χ0) is 40.8. The van der Waals surface area contributed by atoms with Gasteiger partial charge < -0.3 is 9.64 Å². The Labute approximate surface area is 335 Å². The molecule has 1 atom stereocenters. The first-order chi connectivity index (χ1) is 28.1. The molecule has 0 saturated heterocycles. The van der Waals surface area contributed by atoms with E-state index in [0.717, 1.165) is 29.4 Å². The minimum atomic E-state index is -4.35. The Balaban J connectivity index is 1.40. The summed E-state index contributed by atoms with van der Waals surface area (Å²) in [6, 6.07) is 32.6. The summed E-state index contributed by atoms with van der Waals surface area (Å²) < 4.78 is 36.6. The van der Waals surface area contributed by atoms with E-state index in [2.05, 4.69) is 14.7 Å². The average Bonchev–Trinajstić information content (AvgIpc) is 3.63. The fourth-order valence-electron chi connectivity index (χ4n) is 7.36. The van der Waals surface area contributed by atoms with Crippen LogP contribution in [0, 0.1) is 0 Å². The fourth-order valence-corrected chi connectivity index (χ4v) is 8.37. The summed E-state index contributed by atoms with van der Waals surface area (Å²) in [5.74, 6) is -2.17. The number of hydrogen-bond acceptors (Lipinski definition) is 8. The molecule has 0 fully saturated rings. The molecule has 0 saturated carbocycles. The maximum atomic E-state index is 15.2. The van der Waals surface area contributed by atoms with Crippen molar-refractivity contribution in [3.63, 3.8) is 0 Å². The van der Waals surface area contributed by atoms with Crippen LogP contribution in [0.25, 0.3) is 38.0 Å². The Bertz CT molecular complexity index is 2690. The molecule has 1 aromatic heterocycles. The van der Waals surface area contributed by atoms with Crippen molar-refractivity contribution >= 4 is 38.6 Å². The highest BCUT2D eigenvalue weighted by Gasteiger charge is 2.35. The first-order valence-corrected chi connectivity index (χ1v) is 20.5. The second-order valence-electron chi connectivity index (χ2n) is 13.9. The van der Waals surface area contributed by atoms with E-state index in [1.54, 1.807) is 40.8 Å². The molecular weight excluding hydrogens is 755 g/mol. The number of hydrogen-bond donors (Lipinski definition) is 1. The minimum absolute atomic E-state index is 0.0160. The number of nitrogens with zero attached hydrogens (tertiary/aromatic N) is 6. The molecule has 7 rings (SSSR count). The Morgan fingerprint density at radius 1 is 0.897 bits per heavy atom. The van der Waals surface area contributed by atoms with Crippen LogP contribution in [0.5, 0.6) is 0 Å². The van der Waals surface area contributed by atoms with Crippen molar-refractivity contribution in [2.75, 3.05) is 13.2 Å². The first kappa shape index (κ1) is 39.5. The quantitative estimate of drug-likeness (QED) is 0.0530. The van der Waals surface area contributed by atoms with Crippen molar-refractivity contribution < 1.29 is 27.5 Å². The Kier molecular flexibility index (Phi) is 11.7. The smallest absolute Gasteiger partial charge is 0.359 e. The molecule has 6 aromatic rings. The Hall–Kier alpha value is -6.76. The van der Waals surface area contributed by atoms with Gasteiger partial charge >= 0.3 is 5.97 Å². The van der Waals surface area contributed by atoms with Crippen LogP contribution in [0.4, 0.5) is 0 Å². The molecule has 1 aliphatic rings. The second-order valence-corrected chi connectivity index (χ2v) is 15.6. The number of azide groups is 1. The van der Waals surface area contributed by atoms with E-state index < -0.39 is 33.8 Å². The molecule has 14 heteroatoms. The lowest BCUT2D eigenvalue weighted by atomic mass is 9.90. The molecule has 5 aromatic carbocycles. The molecule has 58 heavy (non-hydrogen) atoms. The summed E-state index contributed by atoms with van der Waals surface area (Å²) in [7, 11) is -4.35. The summed E-state index contributed by atoms with van der Waals surface area (Å²) in [6.07, 6.45) is 2.42. The third-order valence-electron chi connectivity index (χ3n) is 10.2. The molecule has 0 aliphatic carbocycles.